The minimum absolute atomic E-state index is 0.394. The van der Waals surface area contributed by atoms with E-state index in [2.05, 4.69) is 16.8 Å². The zero-order valence-electron chi connectivity index (χ0n) is 8.73. The van der Waals surface area contributed by atoms with Crippen molar-refractivity contribution in [1.82, 2.24) is 15.2 Å². The van der Waals surface area contributed by atoms with Gasteiger partial charge in [0, 0.05) is 25.0 Å². The number of hydrazine groups is 1. The van der Waals surface area contributed by atoms with Gasteiger partial charge in [0.05, 0.1) is 6.20 Å². The van der Waals surface area contributed by atoms with Crippen LogP contribution in [0.3, 0.4) is 0 Å². The summed E-state index contributed by atoms with van der Waals surface area (Å²) in [6.07, 6.45) is 8.14. The van der Waals surface area contributed by atoms with Crippen molar-refractivity contribution in [3.8, 4) is 0 Å². The third kappa shape index (κ3) is 3.69. The molecule has 4 nitrogen and oxygen atoms in total. The van der Waals surface area contributed by atoms with Crippen molar-refractivity contribution in [2.75, 3.05) is 12.0 Å². The van der Waals surface area contributed by atoms with Gasteiger partial charge in [-0.15, -0.1) is 0 Å². The van der Waals surface area contributed by atoms with Crippen molar-refractivity contribution in [2.45, 2.75) is 18.9 Å². The number of nitrogens with zero attached hydrogens (tertiary/aromatic N) is 2. The summed E-state index contributed by atoms with van der Waals surface area (Å²) in [6, 6.07) is 0.394. The quantitative estimate of drug-likeness (QED) is 0.536. The average molecular weight is 214 g/mol. The number of nitrogens with one attached hydrogen (secondary N) is 1. The summed E-state index contributed by atoms with van der Waals surface area (Å²) >= 11 is 1.81. The number of hydrogen-bond acceptors (Lipinski definition) is 4. The van der Waals surface area contributed by atoms with Gasteiger partial charge >= 0.3 is 0 Å². The van der Waals surface area contributed by atoms with Crippen LogP contribution in [-0.2, 0) is 13.5 Å². The lowest BCUT2D eigenvalue weighted by atomic mass is 10.1. The molecular weight excluding hydrogens is 196 g/mol. The van der Waals surface area contributed by atoms with Crippen LogP contribution in [0.4, 0.5) is 0 Å². The van der Waals surface area contributed by atoms with E-state index in [4.69, 9.17) is 5.84 Å². The Morgan fingerprint density at radius 1 is 1.71 bits per heavy atom. The minimum atomic E-state index is 0.394. The van der Waals surface area contributed by atoms with Crippen LogP contribution in [0.25, 0.3) is 0 Å². The van der Waals surface area contributed by atoms with E-state index < -0.39 is 0 Å². The molecule has 5 heteroatoms. The van der Waals surface area contributed by atoms with Gasteiger partial charge in [-0.3, -0.25) is 16.0 Å². The van der Waals surface area contributed by atoms with Crippen molar-refractivity contribution < 1.29 is 0 Å². The average Bonchev–Trinajstić information content (AvgIpc) is 2.59. The highest BCUT2D eigenvalue weighted by molar-refractivity contribution is 7.98. The van der Waals surface area contributed by atoms with E-state index in [1.165, 1.54) is 5.56 Å². The molecule has 3 N–H and O–H groups in total. The van der Waals surface area contributed by atoms with Gasteiger partial charge in [0.25, 0.3) is 0 Å². The number of hydrogen-bond donors (Lipinski definition) is 2. The first-order valence-electron chi connectivity index (χ1n) is 4.69. The molecule has 14 heavy (non-hydrogen) atoms. The third-order valence-electron chi connectivity index (χ3n) is 2.14. The lowest BCUT2D eigenvalue weighted by Gasteiger charge is -2.13. The Labute approximate surface area is 89.2 Å². The van der Waals surface area contributed by atoms with Crippen LogP contribution in [0.15, 0.2) is 12.4 Å². The molecule has 1 heterocycles. The Balaban J connectivity index is 2.31. The molecular formula is C9H18N4S. The van der Waals surface area contributed by atoms with Crippen LogP contribution in [0.5, 0.6) is 0 Å². The first-order valence-corrected chi connectivity index (χ1v) is 6.08. The molecule has 0 aromatic carbocycles. The van der Waals surface area contributed by atoms with Gasteiger partial charge in [-0.05, 0) is 24.7 Å². The maximum Gasteiger partial charge on any atom is 0.0521 e. The van der Waals surface area contributed by atoms with Crippen LogP contribution >= 0.6 is 11.8 Å². The lowest BCUT2D eigenvalue weighted by molar-refractivity contribution is 0.539. The summed E-state index contributed by atoms with van der Waals surface area (Å²) in [5.74, 6) is 6.50. The monoisotopic (exact) mass is 214 g/mol. The summed E-state index contributed by atoms with van der Waals surface area (Å²) in [6.45, 7) is 0. The van der Waals surface area contributed by atoms with Crippen LogP contribution in [-0.4, -0.2) is 27.8 Å². The van der Waals surface area contributed by atoms with E-state index in [-0.39, 0.29) is 0 Å². The molecule has 1 aromatic rings. The third-order valence-corrected chi connectivity index (χ3v) is 2.88. The molecule has 0 aliphatic heterocycles. The second kappa shape index (κ2) is 6.06. The number of thioether (sulfide) groups is 1. The fraction of sp³-hybridized carbons (Fsp3) is 0.667. The van der Waals surface area contributed by atoms with Crippen molar-refractivity contribution in [2.24, 2.45) is 12.9 Å². The van der Waals surface area contributed by atoms with Gasteiger partial charge in [0.2, 0.25) is 0 Å². The van der Waals surface area contributed by atoms with E-state index in [1.807, 2.05) is 35.9 Å². The standard InChI is InChI=1S/C9H18N4S/c1-13-6-8(5-11-13)3-4-9(12-10)7-14-2/h5-6,9,12H,3-4,7,10H2,1-2H3. The van der Waals surface area contributed by atoms with Gasteiger partial charge < -0.3 is 0 Å². The topological polar surface area (TPSA) is 55.9 Å². The predicted octanol–water partition coefficient (Wildman–Crippen LogP) is 0.548. The molecule has 1 atom stereocenters. The van der Waals surface area contributed by atoms with Crippen LogP contribution in [0, 0.1) is 0 Å². The number of aromatic nitrogens is 2. The summed E-state index contributed by atoms with van der Waals surface area (Å²) in [7, 11) is 1.93. The van der Waals surface area contributed by atoms with E-state index in [0.29, 0.717) is 6.04 Å². The zero-order chi connectivity index (χ0) is 10.4. The van der Waals surface area contributed by atoms with Gasteiger partial charge in [0.1, 0.15) is 0 Å². The van der Waals surface area contributed by atoms with Gasteiger partial charge in [-0.25, -0.2) is 0 Å². The van der Waals surface area contributed by atoms with E-state index in [0.717, 1.165) is 18.6 Å². The molecule has 80 valence electrons. The Bertz CT molecular complexity index is 261. The highest BCUT2D eigenvalue weighted by atomic mass is 32.2. The Morgan fingerprint density at radius 2 is 2.50 bits per heavy atom. The Hall–Kier alpha value is -0.520. The van der Waals surface area contributed by atoms with E-state index in [1.54, 1.807) is 0 Å². The maximum atomic E-state index is 5.44. The Kier molecular flexibility index (Phi) is 5.00. The summed E-state index contributed by atoms with van der Waals surface area (Å²) in [5, 5.41) is 4.13. The number of aryl methyl sites for hydroxylation is 2. The Morgan fingerprint density at radius 3 is 3.00 bits per heavy atom. The largest absolute Gasteiger partial charge is 0.276 e. The molecule has 0 aliphatic carbocycles. The van der Waals surface area contributed by atoms with Crippen molar-refractivity contribution in [3.63, 3.8) is 0 Å². The van der Waals surface area contributed by atoms with Crippen LogP contribution in [0.2, 0.25) is 0 Å². The minimum Gasteiger partial charge on any atom is -0.276 e. The SMILES string of the molecule is CSCC(CCc1cnn(C)c1)NN. The highest BCUT2D eigenvalue weighted by Crippen LogP contribution is 2.06. The van der Waals surface area contributed by atoms with E-state index in [9.17, 15) is 0 Å². The normalized spacial score (nSPS) is 13.1. The summed E-state index contributed by atoms with van der Waals surface area (Å²) < 4.78 is 1.83. The van der Waals surface area contributed by atoms with Gasteiger partial charge in [0.15, 0.2) is 0 Å². The molecule has 0 bridgehead atoms. The summed E-state index contributed by atoms with van der Waals surface area (Å²) in [5.41, 5.74) is 4.10. The van der Waals surface area contributed by atoms with Crippen molar-refractivity contribution >= 4 is 11.8 Å². The molecule has 1 unspecified atom stereocenters. The summed E-state index contributed by atoms with van der Waals surface area (Å²) in [4.78, 5) is 0. The van der Waals surface area contributed by atoms with Gasteiger partial charge in [-0.2, -0.15) is 16.9 Å². The van der Waals surface area contributed by atoms with Crippen molar-refractivity contribution in [3.05, 3.63) is 18.0 Å². The molecule has 0 saturated heterocycles. The first kappa shape index (κ1) is 11.6. The molecule has 0 spiro atoms. The zero-order valence-corrected chi connectivity index (χ0v) is 9.55. The molecule has 0 amide bonds. The highest BCUT2D eigenvalue weighted by Gasteiger charge is 2.06. The van der Waals surface area contributed by atoms with E-state index >= 15 is 0 Å². The number of nitrogens with two attached hydrogens (primary N) is 1. The fourth-order valence-electron chi connectivity index (χ4n) is 1.36. The van der Waals surface area contributed by atoms with Crippen molar-refractivity contribution in [1.29, 1.82) is 0 Å². The van der Waals surface area contributed by atoms with Crippen LogP contribution < -0.4 is 11.3 Å². The van der Waals surface area contributed by atoms with Crippen LogP contribution in [0.1, 0.15) is 12.0 Å². The smallest absolute Gasteiger partial charge is 0.0521 e. The molecule has 0 radical (unpaired) electrons. The lowest BCUT2D eigenvalue weighted by Crippen LogP contribution is -2.37. The predicted molar refractivity (Wildman–Crippen MR) is 61.0 cm³/mol. The molecule has 1 rings (SSSR count). The first-order chi connectivity index (χ1) is 6.76. The van der Waals surface area contributed by atoms with Gasteiger partial charge in [-0.1, -0.05) is 0 Å². The molecule has 0 aliphatic rings. The second-order valence-electron chi connectivity index (χ2n) is 3.38. The maximum absolute atomic E-state index is 5.44. The second-order valence-corrected chi connectivity index (χ2v) is 4.29. The fourth-order valence-corrected chi connectivity index (χ4v) is 2.02. The molecule has 1 aromatic heterocycles. The molecule has 0 fully saturated rings. The number of rotatable bonds is 6. The molecule has 0 saturated carbocycles.